The van der Waals surface area contributed by atoms with Gasteiger partial charge in [0.05, 0.1) is 17.2 Å². The molecule has 0 radical (unpaired) electrons. The molecule has 164 valence electrons. The Bertz CT molecular complexity index is 1210. The molecule has 1 saturated heterocycles. The lowest BCUT2D eigenvalue weighted by molar-refractivity contribution is -0.141. The fourth-order valence-electron chi connectivity index (χ4n) is 3.20. The number of rotatable bonds is 5. The number of nitrogens with one attached hydrogen (secondary N) is 1. The van der Waals surface area contributed by atoms with E-state index in [1.165, 1.54) is 37.3 Å². The normalized spacial score (nSPS) is 16.8. The van der Waals surface area contributed by atoms with Crippen molar-refractivity contribution in [2.75, 3.05) is 6.54 Å². The minimum absolute atomic E-state index is 0.0176. The summed E-state index contributed by atoms with van der Waals surface area (Å²) in [5.74, 6) is -2.02. The molecule has 32 heavy (non-hydrogen) atoms. The van der Waals surface area contributed by atoms with E-state index in [4.69, 9.17) is 5.73 Å². The number of hydrogen-bond donors (Lipinski definition) is 2. The highest BCUT2D eigenvalue weighted by molar-refractivity contribution is 6.22. The number of aromatic nitrogens is 6. The van der Waals surface area contributed by atoms with Crippen molar-refractivity contribution in [2.45, 2.75) is 18.5 Å². The van der Waals surface area contributed by atoms with Crippen LogP contribution in [0.25, 0.3) is 23.2 Å². The van der Waals surface area contributed by atoms with E-state index in [-0.39, 0.29) is 28.6 Å². The van der Waals surface area contributed by atoms with E-state index in [9.17, 15) is 22.8 Å². The summed E-state index contributed by atoms with van der Waals surface area (Å²) in [6.45, 7) is 0.355. The van der Waals surface area contributed by atoms with Gasteiger partial charge in [-0.15, -0.1) is 5.10 Å². The molecule has 1 fully saturated rings. The highest BCUT2D eigenvalue weighted by Crippen LogP contribution is 2.33. The fourth-order valence-corrected chi connectivity index (χ4v) is 3.20. The maximum absolute atomic E-state index is 13.4. The van der Waals surface area contributed by atoms with Crippen LogP contribution in [0.1, 0.15) is 29.3 Å². The first-order valence-corrected chi connectivity index (χ1v) is 9.28. The van der Waals surface area contributed by atoms with Crippen LogP contribution in [0.5, 0.6) is 0 Å². The van der Waals surface area contributed by atoms with Crippen LogP contribution in [-0.2, 0) is 15.8 Å². The number of halogens is 3. The Kier molecular flexibility index (Phi) is 5.38. The van der Waals surface area contributed by atoms with Crippen molar-refractivity contribution >= 4 is 23.6 Å². The topological polar surface area (TPSA) is 142 Å². The smallest absolute Gasteiger partial charge is 0.366 e. The first-order valence-electron chi connectivity index (χ1n) is 9.28. The van der Waals surface area contributed by atoms with Gasteiger partial charge in [-0.25, -0.2) is 24.6 Å². The van der Waals surface area contributed by atoms with Gasteiger partial charge >= 0.3 is 6.18 Å². The summed E-state index contributed by atoms with van der Waals surface area (Å²) in [7, 11) is 0. The number of pyridine rings is 1. The molecule has 13 heteroatoms. The van der Waals surface area contributed by atoms with Gasteiger partial charge < -0.3 is 11.1 Å². The molecule has 2 amide bonds. The zero-order chi connectivity index (χ0) is 22.9. The number of hydrogen-bond acceptors (Lipinski definition) is 7. The Morgan fingerprint density at radius 2 is 2.00 bits per heavy atom. The van der Waals surface area contributed by atoms with Crippen LogP contribution in [-0.4, -0.2) is 48.1 Å². The molecule has 4 heterocycles. The van der Waals surface area contributed by atoms with Gasteiger partial charge in [0, 0.05) is 36.3 Å². The van der Waals surface area contributed by atoms with Crippen molar-refractivity contribution in [1.82, 2.24) is 35.0 Å². The summed E-state index contributed by atoms with van der Waals surface area (Å²) in [6, 6.07) is 2.16. The maximum atomic E-state index is 13.4. The van der Waals surface area contributed by atoms with Crippen molar-refractivity contribution in [3.05, 3.63) is 54.1 Å². The molecule has 1 atom stereocenters. The average Bonchev–Trinajstić information content (AvgIpc) is 3.40. The Hall–Kier alpha value is -4.16. The number of nitrogens with two attached hydrogens (primary N) is 1. The number of alkyl halides is 3. The molecule has 0 spiro atoms. The number of carbonyl (C=O) groups excluding carboxylic acids is 2. The fraction of sp³-hybridized carbons (Fsp3) is 0.211. The van der Waals surface area contributed by atoms with Gasteiger partial charge in [-0.2, -0.15) is 13.2 Å². The molecule has 3 aromatic heterocycles. The van der Waals surface area contributed by atoms with Gasteiger partial charge in [0.2, 0.25) is 5.91 Å². The van der Waals surface area contributed by atoms with E-state index in [1.54, 1.807) is 0 Å². The van der Waals surface area contributed by atoms with Crippen LogP contribution in [0.4, 0.5) is 13.2 Å². The van der Waals surface area contributed by atoms with Crippen molar-refractivity contribution in [1.29, 1.82) is 0 Å². The largest absolute Gasteiger partial charge is 0.433 e. The summed E-state index contributed by atoms with van der Waals surface area (Å²) >= 11 is 0. The molecular weight excluding hydrogens is 429 g/mol. The third-order valence-electron chi connectivity index (χ3n) is 4.71. The third kappa shape index (κ3) is 4.31. The van der Waals surface area contributed by atoms with Gasteiger partial charge in [-0.1, -0.05) is 0 Å². The zero-order valence-electron chi connectivity index (χ0n) is 16.2. The summed E-state index contributed by atoms with van der Waals surface area (Å²) in [5, 5.41) is 6.70. The summed E-state index contributed by atoms with van der Waals surface area (Å²) in [4.78, 5) is 39.1. The lowest BCUT2D eigenvalue weighted by atomic mass is 10.0. The molecule has 0 bridgehead atoms. The highest BCUT2D eigenvalue weighted by atomic mass is 19.4. The van der Waals surface area contributed by atoms with E-state index >= 15 is 0 Å². The van der Waals surface area contributed by atoms with Gasteiger partial charge in [-0.05, 0) is 18.6 Å². The maximum Gasteiger partial charge on any atom is 0.433 e. The molecular formula is C19H15F3N8O2. The number of amides is 2. The molecule has 1 aliphatic heterocycles. The predicted octanol–water partition coefficient (Wildman–Crippen LogP) is 1.24. The second kappa shape index (κ2) is 8.17. The standard InChI is InChI=1S/C19H15F3N8O2/c20-19(21,22)15-4-10(3-14(28-15)12-1-2-26-18(12)32)17-27-9-30(29-17)7-13(16(23)31)11-5-24-8-25-6-11/h3-9,12H,1-2H2,(H2,23,31)(H,26,32)/b13-7+. The monoisotopic (exact) mass is 444 g/mol. The summed E-state index contributed by atoms with van der Waals surface area (Å²) in [5.41, 5.74) is 4.61. The molecule has 10 nitrogen and oxygen atoms in total. The first-order chi connectivity index (χ1) is 15.2. The molecule has 0 aliphatic carbocycles. The Balaban J connectivity index is 1.75. The quantitative estimate of drug-likeness (QED) is 0.564. The van der Waals surface area contributed by atoms with Crippen molar-refractivity contribution in [3.8, 4) is 11.4 Å². The molecule has 4 rings (SSSR count). The molecule has 3 aromatic rings. The van der Waals surface area contributed by atoms with Gasteiger partial charge in [0.15, 0.2) is 5.82 Å². The van der Waals surface area contributed by atoms with E-state index in [0.29, 0.717) is 18.5 Å². The van der Waals surface area contributed by atoms with Gasteiger partial charge in [0.1, 0.15) is 18.3 Å². The second-order valence-corrected chi connectivity index (χ2v) is 6.88. The Morgan fingerprint density at radius 3 is 2.62 bits per heavy atom. The Morgan fingerprint density at radius 1 is 1.25 bits per heavy atom. The molecule has 0 aromatic carbocycles. The molecule has 0 saturated carbocycles. The van der Waals surface area contributed by atoms with Gasteiger partial charge in [-0.3, -0.25) is 9.59 Å². The zero-order valence-corrected chi connectivity index (χ0v) is 16.2. The van der Waals surface area contributed by atoms with E-state index in [2.05, 4.69) is 30.4 Å². The second-order valence-electron chi connectivity index (χ2n) is 6.88. The SMILES string of the molecule is NC(=O)/C(=C/n1cnc(-c2cc(C3CCNC3=O)nc(C(F)(F)F)c2)n1)c1cncnc1. The van der Waals surface area contributed by atoms with Crippen LogP contribution < -0.4 is 11.1 Å². The van der Waals surface area contributed by atoms with E-state index in [1.807, 2.05) is 0 Å². The van der Waals surface area contributed by atoms with Crippen LogP contribution >= 0.6 is 0 Å². The lowest BCUT2D eigenvalue weighted by Gasteiger charge is -2.12. The highest BCUT2D eigenvalue weighted by Gasteiger charge is 2.36. The Labute approximate surface area is 178 Å². The first kappa shape index (κ1) is 21.1. The van der Waals surface area contributed by atoms with E-state index < -0.39 is 23.7 Å². The summed E-state index contributed by atoms with van der Waals surface area (Å²) < 4.78 is 41.4. The van der Waals surface area contributed by atoms with Crippen LogP contribution in [0, 0.1) is 0 Å². The third-order valence-corrected chi connectivity index (χ3v) is 4.71. The van der Waals surface area contributed by atoms with Crippen LogP contribution in [0.15, 0.2) is 37.2 Å². The van der Waals surface area contributed by atoms with Crippen LogP contribution in [0.3, 0.4) is 0 Å². The molecule has 3 N–H and O–H groups in total. The average molecular weight is 444 g/mol. The minimum atomic E-state index is -4.73. The van der Waals surface area contributed by atoms with Crippen molar-refractivity contribution in [3.63, 3.8) is 0 Å². The number of primary amides is 1. The molecule has 1 unspecified atom stereocenters. The number of carbonyl (C=O) groups is 2. The molecule has 1 aliphatic rings. The predicted molar refractivity (Wildman–Crippen MR) is 104 cm³/mol. The lowest BCUT2D eigenvalue weighted by Crippen LogP contribution is -2.20. The van der Waals surface area contributed by atoms with E-state index in [0.717, 1.165) is 10.7 Å². The summed E-state index contributed by atoms with van der Waals surface area (Å²) in [6.07, 6.45) is 2.09. The number of nitrogens with zero attached hydrogens (tertiary/aromatic N) is 6. The van der Waals surface area contributed by atoms with Crippen molar-refractivity contribution in [2.24, 2.45) is 5.73 Å². The van der Waals surface area contributed by atoms with Gasteiger partial charge in [0.25, 0.3) is 5.91 Å². The minimum Gasteiger partial charge on any atom is -0.366 e. The van der Waals surface area contributed by atoms with Crippen molar-refractivity contribution < 1.29 is 22.8 Å². The van der Waals surface area contributed by atoms with Crippen LogP contribution in [0.2, 0.25) is 0 Å².